The van der Waals surface area contributed by atoms with Crippen molar-refractivity contribution in [1.82, 2.24) is 0 Å². The minimum absolute atomic E-state index is 0.199. The van der Waals surface area contributed by atoms with Crippen molar-refractivity contribution in [3.63, 3.8) is 0 Å². The fourth-order valence-electron chi connectivity index (χ4n) is 2.14. The molecule has 0 aliphatic carbocycles. The number of ether oxygens (including phenoxy) is 1. The number of halogens is 1. The van der Waals surface area contributed by atoms with Crippen molar-refractivity contribution in [2.75, 3.05) is 0 Å². The monoisotopic (exact) mass is 288 g/mol. The molecule has 110 valence electrons. The Labute approximate surface area is 123 Å². The Balaban J connectivity index is 2.21. The Morgan fingerprint density at radius 1 is 1.19 bits per heavy atom. The van der Waals surface area contributed by atoms with Gasteiger partial charge < -0.3 is 9.84 Å². The molecule has 0 spiro atoms. The zero-order chi connectivity index (χ0) is 15.6. The van der Waals surface area contributed by atoms with Crippen LogP contribution in [0.15, 0.2) is 30.3 Å². The summed E-state index contributed by atoms with van der Waals surface area (Å²) in [7, 11) is 0. The summed E-state index contributed by atoms with van der Waals surface area (Å²) in [6, 6.07) is 7.98. The van der Waals surface area contributed by atoms with Crippen molar-refractivity contribution >= 4 is 5.97 Å². The lowest BCUT2D eigenvalue weighted by molar-refractivity contribution is 0.0691. The Kier molecular flexibility index (Phi) is 4.26. The van der Waals surface area contributed by atoms with Crippen LogP contribution in [0.1, 0.15) is 32.6 Å². The highest BCUT2D eigenvalue weighted by Gasteiger charge is 2.11. The first kappa shape index (κ1) is 15.0. The molecule has 2 aromatic rings. The summed E-state index contributed by atoms with van der Waals surface area (Å²) in [6.07, 6.45) is 0. The molecule has 2 rings (SSSR count). The lowest BCUT2D eigenvalue weighted by Crippen LogP contribution is -2.04. The molecule has 0 heterocycles. The van der Waals surface area contributed by atoms with Crippen molar-refractivity contribution in [2.45, 2.75) is 27.4 Å². The number of hydrogen-bond donors (Lipinski definition) is 1. The Bertz CT molecular complexity index is 693. The molecule has 0 saturated carbocycles. The topological polar surface area (TPSA) is 46.5 Å². The molecule has 0 bridgehead atoms. The highest BCUT2D eigenvalue weighted by Crippen LogP contribution is 2.24. The third kappa shape index (κ3) is 3.40. The van der Waals surface area contributed by atoms with Crippen molar-refractivity contribution in [2.24, 2.45) is 0 Å². The van der Waals surface area contributed by atoms with Gasteiger partial charge in [-0.05, 0) is 61.2 Å². The smallest absolute Gasteiger partial charge is 0.338 e. The summed E-state index contributed by atoms with van der Waals surface area (Å²) in [5.74, 6) is -1.26. The van der Waals surface area contributed by atoms with Crippen molar-refractivity contribution in [3.05, 3.63) is 64.0 Å². The van der Waals surface area contributed by atoms with Crippen molar-refractivity contribution in [3.8, 4) is 5.75 Å². The van der Waals surface area contributed by atoms with Crippen LogP contribution in [-0.2, 0) is 6.61 Å². The second-order valence-corrected chi connectivity index (χ2v) is 5.11. The Morgan fingerprint density at radius 3 is 2.57 bits per heavy atom. The number of benzene rings is 2. The molecule has 0 radical (unpaired) electrons. The summed E-state index contributed by atoms with van der Waals surface area (Å²) in [5.41, 5.74) is 3.55. The molecule has 4 heteroatoms. The van der Waals surface area contributed by atoms with Gasteiger partial charge in [0.2, 0.25) is 0 Å². The average molecular weight is 288 g/mol. The number of hydrogen-bond acceptors (Lipinski definition) is 2. The van der Waals surface area contributed by atoms with E-state index >= 15 is 0 Å². The van der Waals surface area contributed by atoms with E-state index in [0.29, 0.717) is 5.56 Å². The van der Waals surface area contributed by atoms with E-state index in [2.05, 4.69) is 6.07 Å². The summed E-state index contributed by atoms with van der Waals surface area (Å²) < 4.78 is 19.1. The molecule has 0 unspecified atom stereocenters. The van der Waals surface area contributed by atoms with Gasteiger partial charge in [-0.2, -0.15) is 0 Å². The van der Waals surface area contributed by atoms with Crippen molar-refractivity contribution in [1.29, 1.82) is 0 Å². The van der Waals surface area contributed by atoms with Crippen LogP contribution in [0.5, 0.6) is 5.75 Å². The van der Waals surface area contributed by atoms with Crippen LogP contribution < -0.4 is 4.74 Å². The van der Waals surface area contributed by atoms with Crippen LogP contribution in [0.3, 0.4) is 0 Å². The van der Waals surface area contributed by atoms with Gasteiger partial charge in [-0.1, -0.05) is 12.1 Å². The first-order valence-electron chi connectivity index (χ1n) is 6.61. The predicted octanol–water partition coefficient (Wildman–Crippen LogP) is 4.03. The van der Waals surface area contributed by atoms with E-state index in [0.717, 1.165) is 28.5 Å². The molecule has 0 saturated heterocycles. The number of carbonyl (C=O) groups is 1. The van der Waals surface area contributed by atoms with E-state index in [1.807, 2.05) is 26.8 Å². The molecule has 0 amide bonds. The third-order valence-electron chi connectivity index (χ3n) is 3.42. The van der Waals surface area contributed by atoms with Crippen LogP contribution >= 0.6 is 0 Å². The van der Waals surface area contributed by atoms with Gasteiger partial charge in [0, 0.05) is 0 Å². The molecule has 0 aliphatic rings. The van der Waals surface area contributed by atoms with E-state index in [9.17, 15) is 9.18 Å². The number of rotatable bonds is 4. The van der Waals surface area contributed by atoms with E-state index < -0.39 is 11.8 Å². The van der Waals surface area contributed by atoms with Gasteiger partial charge in [0.05, 0.1) is 5.56 Å². The minimum atomic E-state index is -1.28. The van der Waals surface area contributed by atoms with Gasteiger partial charge in [0.15, 0.2) is 0 Å². The van der Waals surface area contributed by atoms with Gasteiger partial charge in [-0.25, -0.2) is 9.18 Å². The lowest BCUT2D eigenvalue weighted by Gasteiger charge is -2.13. The number of carboxylic acids is 1. The number of aryl methyl sites for hydroxylation is 2. The Hall–Kier alpha value is -2.36. The molecule has 1 N–H and O–H groups in total. The highest BCUT2D eigenvalue weighted by atomic mass is 19.1. The molecule has 21 heavy (non-hydrogen) atoms. The molecule has 2 aromatic carbocycles. The van der Waals surface area contributed by atoms with Crippen LogP contribution in [0.2, 0.25) is 0 Å². The van der Waals surface area contributed by atoms with Gasteiger partial charge in [-0.3, -0.25) is 0 Å². The lowest BCUT2D eigenvalue weighted by atomic mass is 10.1. The molecule has 0 aliphatic heterocycles. The molecular formula is C17H17FO3. The third-order valence-corrected chi connectivity index (χ3v) is 3.42. The van der Waals surface area contributed by atoms with Crippen LogP contribution in [0.25, 0.3) is 0 Å². The highest BCUT2D eigenvalue weighted by molar-refractivity contribution is 5.88. The van der Waals surface area contributed by atoms with Crippen LogP contribution in [-0.4, -0.2) is 11.1 Å². The largest absolute Gasteiger partial charge is 0.489 e. The molecule has 0 aromatic heterocycles. The maximum Gasteiger partial charge on any atom is 0.338 e. The normalized spacial score (nSPS) is 10.5. The van der Waals surface area contributed by atoms with Gasteiger partial charge in [-0.15, -0.1) is 0 Å². The average Bonchev–Trinajstić information content (AvgIpc) is 2.42. The quantitative estimate of drug-likeness (QED) is 0.924. The zero-order valence-corrected chi connectivity index (χ0v) is 12.2. The predicted molar refractivity (Wildman–Crippen MR) is 78.3 cm³/mol. The van der Waals surface area contributed by atoms with Crippen molar-refractivity contribution < 1.29 is 19.0 Å². The number of aromatic carboxylic acids is 1. The maximum absolute atomic E-state index is 13.3. The fraction of sp³-hybridized carbons (Fsp3) is 0.235. The summed E-state index contributed by atoms with van der Waals surface area (Å²) in [4.78, 5) is 10.9. The first-order chi connectivity index (χ1) is 9.88. The summed E-state index contributed by atoms with van der Waals surface area (Å²) in [5, 5.41) is 8.91. The van der Waals surface area contributed by atoms with E-state index in [-0.39, 0.29) is 12.2 Å². The summed E-state index contributed by atoms with van der Waals surface area (Å²) in [6.45, 7) is 6.16. The Morgan fingerprint density at radius 2 is 1.90 bits per heavy atom. The summed E-state index contributed by atoms with van der Waals surface area (Å²) >= 11 is 0. The van der Waals surface area contributed by atoms with E-state index in [1.165, 1.54) is 12.1 Å². The van der Waals surface area contributed by atoms with Gasteiger partial charge in [0.25, 0.3) is 0 Å². The zero-order valence-electron chi connectivity index (χ0n) is 12.2. The standard InChI is InChI=1S/C17H17FO3/c1-10-6-11(2)12(3)16(7-10)21-9-13-4-5-15(18)14(8-13)17(19)20/h4-8H,9H2,1-3H3,(H,19,20). The van der Waals surface area contributed by atoms with Crippen LogP contribution in [0, 0.1) is 26.6 Å². The molecule has 0 fully saturated rings. The maximum atomic E-state index is 13.3. The fourth-order valence-corrected chi connectivity index (χ4v) is 2.14. The van der Waals surface area contributed by atoms with E-state index in [1.54, 1.807) is 0 Å². The second kappa shape index (κ2) is 5.95. The number of carboxylic acid groups (broad SMARTS) is 1. The molecule has 3 nitrogen and oxygen atoms in total. The van der Waals surface area contributed by atoms with E-state index in [4.69, 9.17) is 9.84 Å². The first-order valence-corrected chi connectivity index (χ1v) is 6.61. The van der Waals surface area contributed by atoms with Gasteiger partial charge in [0.1, 0.15) is 18.2 Å². The molecule has 0 atom stereocenters. The van der Waals surface area contributed by atoms with Crippen LogP contribution in [0.4, 0.5) is 4.39 Å². The second-order valence-electron chi connectivity index (χ2n) is 5.11. The van der Waals surface area contributed by atoms with Gasteiger partial charge >= 0.3 is 5.97 Å². The molecular weight excluding hydrogens is 271 g/mol. The minimum Gasteiger partial charge on any atom is -0.489 e. The SMILES string of the molecule is Cc1cc(C)c(C)c(OCc2ccc(F)c(C(=O)O)c2)c1.